The van der Waals surface area contributed by atoms with Gasteiger partial charge in [-0.05, 0) is 18.6 Å². The van der Waals surface area contributed by atoms with Crippen molar-refractivity contribution in [1.29, 1.82) is 0 Å². The predicted octanol–water partition coefficient (Wildman–Crippen LogP) is 2.25. The van der Waals surface area contributed by atoms with Crippen LogP contribution in [-0.4, -0.2) is 15.0 Å². The second-order valence-corrected chi connectivity index (χ2v) is 4.06. The van der Waals surface area contributed by atoms with E-state index in [4.69, 9.17) is 0 Å². The highest BCUT2D eigenvalue weighted by Gasteiger charge is 2.17. The summed E-state index contributed by atoms with van der Waals surface area (Å²) in [4.78, 5) is -0.666. The fourth-order valence-corrected chi connectivity index (χ4v) is 1.73. The van der Waals surface area contributed by atoms with Gasteiger partial charge < -0.3 is 4.74 Å². The van der Waals surface area contributed by atoms with Crippen LogP contribution < -0.4 is 4.74 Å². The van der Waals surface area contributed by atoms with Crippen molar-refractivity contribution in [1.82, 2.24) is 0 Å². The van der Waals surface area contributed by atoms with Crippen LogP contribution in [0.1, 0.15) is 5.56 Å². The zero-order valence-corrected chi connectivity index (χ0v) is 8.39. The number of aryl methyl sites for hydroxylation is 1. The Morgan fingerprint density at radius 2 is 1.93 bits per heavy atom. The van der Waals surface area contributed by atoms with Crippen molar-refractivity contribution < 1.29 is 25.8 Å². The van der Waals surface area contributed by atoms with E-state index in [0.29, 0.717) is 0 Å². The van der Waals surface area contributed by atoms with E-state index < -0.39 is 27.5 Å². The van der Waals surface area contributed by atoms with E-state index in [0.717, 1.165) is 12.1 Å². The van der Waals surface area contributed by atoms with Gasteiger partial charge >= 0.3 is 16.8 Å². The predicted molar refractivity (Wildman–Crippen MR) is 46.1 cm³/mol. The van der Waals surface area contributed by atoms with Gasteiger partial charge in [-0.2, -0.15) is 17.2 Å². The SMILES string of the molecule is Cc1ccc(OC(F)F)cc1S(=O)(=O)F. The highest BCUT2D eigenvalue weighted by Crippen LogP contribution is 2.24. The maximum atomic E-state index is 12.6. The van der Waals surface area contributed by atoms with Crippen molar-refractivity contribution in [2.75, 3.05) is 0 Å². The van der Waals surface area contributed by atoms with Gasteiger partial charge in [0.1, 0.15) is 10.6 Å². The third-order valence-corrected chi connectivity index (χ3v) is 2.61. The minimum absolute atomic E-state index is 0.124. The quantitative estimate of drug-likeness (QED) is 0.761. The molecule has 0 unspecified atom stereocenters. The fraction of sp³-hybridized carbons (Fsp3) is 0.250. The molecule has 0 amide bonds. The molecule has 1 rings (SSSR count). The van der Waals surface area contributed by atoms with E-state index in [2.05, 4.69) is 4.74 Å². The number of hydrogen-bond acceptors (Lipinski definition) is 3. The third kappa shape index (κ3) is 3.12. The van der Waals surface area contributed by atoms with Crippen LogP contribution in [-0.2, 0) is 10.2 Å². The summed E-state index contributed by atoms with van der Waals surface area (Å²) in [6.07, 6.45) is 0. The molecule has 1 aromatic carbocycles. The van der Waals surface area contributed by atoms with Crippen LogP contribution in [0.5, 0.6) is 5.75 Å². The van der Waals surface area contributed by atoms with E-state index in [1.807, 2.05) is 0 Å². The Labute approximate surface area is 84.7 Å². The third-order valence-electron chi connectivity index (χ3n) is 1.65. The summed E-state index contributed by atoms with van der Waals surface area (Å²) in [5.74, 6) is -0.396. The van der Waals surface area contributed by atoms with Crippen molar-refractivity contribution in [3.63, 3.8) is 0 Å². The van der Waals surface area contributed by atoms with Crippen molar-refractivity contribution in [3.8, 4) is 5.75 Å². The molecular weight excluding hydrogens is 233 g/mol. The summed E-state index contributed by atoms with van der Waals surface area (Å²) in [5, 5.41) is 0. The largest absolute Gasteiger partial charge is 0.435 e. The van der Waals surface area contributed by atoms with Gasteiger partial charge in [-0.1, -0.05) is 6.07 Å². The van der Waals surface area contributed by atoms with Crippen LogP contribution in [0.25, 0.3) is 0 Å². The molecule has 0 atom stereocenters. The molecule has 0 saturated heterocycles. The molecule has 15 heavy (non-hydrogen) atoms. The molecule has 0 spiro atoms. The van der Waals surface area contributed by atoms with Crippen molar-refractivity contribution in [2.45, 2.75) is 18.4 Å². The molecule has 0 N–H and O–H groups in total. The maximum absolute atomic E-state index is 12.6. The topological polar surface area (TPSA) is 43.4 Å². The molecule has 3 nitrogen and oxygen atoms in total. The molecule has 0 fully saturated rings. The van der Waals surface area contributed by atoms with Gasteiger partial charge in [-0.3, -0.25) is 0 Å². The van der Waals surface area contributed by atoms with E-state index in [9.17, 15) is 21.1 Å². The smallest absolute Gasteiger partial charge is 0.387 e. The molecule has 0 aliphatic rings. The summed E-state index contributed by atoms with van der Waals surface area (Å²) in [6.45, 7) is -1.73. The molecular formula is C8H7F3O3S. The second kappa shape index (κ2) is 4.09. The normalized spacial score (nSPS) is 11.8. The number of halogens is 3. The minimum Gasteiger partial charge on any atom is -0.435 e. The van der Waals surface area contributed by atoms with E-state index in [-0.39, 0.29) is 5.56 Å². The van der Waals surface area contributed by atoms with Crippen LogP contribution in [0.3, 0.4) is 0 Å². The molecule has 0 heterocycles. The molecule has 0 aliphatic heterocycles. The molecule has 7 heteroatoms. The molecule has 1 aromatic rings. The van der Waals surface area contributed by atoms with Gasteiger partial charge in [0.25, 0.3) is 0 Å². The lowest BCUT2D eigenvalue weighted by Gasteiger charge is -2.06. The maximum Gasteiger partial charge on any atom is 0.387 e. The first-order valence-corrected chi connectivity index (χ1v) is 5.19. The molecule has 0 saturated carbocycles. The molecule has 0 aromatic heterocycles. The number of alkyl halides is 2. The van der Waals surface area contributed by atoms with Gasteiger partial charge in [-0.25, -0.2) is 0 Å². The molecule has 0 radical (unpaired) electrons. The Morgan fingerprint density at radius 3 is 2.40 bits per heavy atom. The molecule has 0 aliphatic carbocycles. The van der Waals surface area contributed by atoms with Crippen molar-refractivity contribution >= 4 is 10.2 Å². The first kappa shape index (κ1) is 11.8. The van der Waals surface area contributed by atoms with Crippen LogP contribution in [0.2, 0.25) is 0 Å². The Morgan fingerprint density at radius 1 is 1.33 bits per heavy atom. The van der Waals surface area contributed by atoms with Crippen LogP contribution >= 0.6 is 0 Å². The van der Waals surface area contributed by atoms with Gasteiger partial charge in [0.2, 0.25) is 0 Å². The second-order valence-electron chi connectivity index (χ2n) is 2.74. The van der Waals surface area contributed by atoms with E-state index >= 15 is 0 Å². The van der Waals surface area contributed by atoms with E-state index in [1.54, 1.807) is 0 Å². The summed E-state index contributed by atoms with van der Waals surface area (Å²) in [5.41, 5.74) is 0.124. The zero-order valence-electron chi connectivity index (χ0n) is 7.58. The zero-order chi connectivity index (χ0) is 11.6. The fourth-order valence-electron chi connectivity index (χ4n) is 1.02. The average molecular weight is 240 g/mol. The lowest BCUT2D eigenvalue weighted by Crippen LogP contribution is -2.03. The standard InChI is InChI=1S/C8H7F3O3S/c1-5-2-3-6(14-8(9)10)4-7(5)15(11,12)13/h2-4,8H,1H3. The van der Waals surface area contributed by atoms with Crippen molar-refractivity contribution in [2.24, 2.45) is 0 Å². The number of hydrogen-bond donors (Lipinski definition) is 0. The first-order chi connectivity index (χ1) is 6.80. The molecule has 84 valence electrons. The average Bonchev–Trinajstić information content (AvgIpc) is 2.05. The number of ether oxygens (including phenoxy) is 1. The van der Waals surface area contributed by atoms with Gasteiger partial charge in [0.05, 0.1) is 0 Å². The Balaban J connectivity index is 3.18. The lowest BCUT2D eigenvalue weighted by atomic mass is 10.2. The van der Waals surface area contributed by atoms with Crippen LogP contribution in [0.4, 0.5) is 12.7 Å². The monoisotopic (exact) mass is 240 g/mol. The van der Waals surface area contributed by atoms with Crippen LogP contribution in [0.15, 0.2) is 23.1 Å². The van der Waals surface area contributed by atoms with Gasteiger partial charge in [0.15, 0.2) is 0 Å². The Hall–Kier alpha value is -1.24. The van der Waals surface area contributed by atoms with Gasteiger partial charge in [-0.15, -0.1) is 3.89 Å². The van der Waals surface area contributed by atoms with Gasteiger partial charge in [0, 0.05) is 6.07 Å². The Kier molecular flexibility index (Phi) is 3.23. The summed E-state index contributed by atoms with van der Waals surface area (Å²) < 4.78 is 61.3. The van der Waals surface area contributed by atoms with E-state index in [1.165, 1.54) is 13.0 Å². The Bertz CT molecular complexity index is 456. The summed E-state index contributed by atoms with van der Waals surface area (Å²) >= 11 is 0. The number of benzene rings is 1. The van der Waals surface area contributed by atoms with Crippen LogP contribution in [0, 0.1) is 6.92 Å². The molecule has 0 bridgehead atoms. The lowest BCUT2D eigenvalue weighted by molar-refractivity contribution is -0.0500. The summed E-state index contributed by atoms with van der Waals surface area (Å²) in [7, 11) is -4.92. The van der Waals surface area contributed by atoms with Crippen molar-refractivity contribution in [3.05, 3.63) is 23.8 Å². The summed E-state index contributed by atoms with van der Waals surface area (Å²) in [6, 6.07) is 3.04. The minimum atomic E-state index is -4.92. The number of rotatable bonds is 3. The highest BCUT2D eigenvalue weighted by molar-refractivity contribution is 7.86. The highest BCUT2D eigenvalue weighted by atomic mass is 32.3. The first-order valence-electron chi connectivity index (χ1n) is 3.81.